The summed E-state index contributed by atoms with van der Waals surface area (Å²) in [6.07, 6.45) is 7.58. The van der Waals surface area contributed by atoms with Crippen LogP contribution in [0.25, 0.3) is 0 Å². The van der Waals surface area contributed by atoms with Crippen molar-refractivity contribution in [3.63, 3.8) is 0 Å². The van der Waals surface area contributed by atoms with Gasteiger partial charge in [-0.2, -0.15) is 0 Å². The molecular formula is C16H21NOS. The van der Waals surface area contributed by atoms with Crippen molar-refractivity contribution in [3.05, 3.63) is 29.8 Å². The summed E-state index contributed by atoms with van der Waals surface area (Å²) in [6.45, 7) is 0.927. The van der Waals surface area contributed by atoms with Crippen molar-refractivity contribution >= 4 is 18.5 Å². The van der Waals surface area contributed by atoms with Gasteiger partial charge in [0.05, 0.1) is 0 Å². The second kappa shape index (κ2) is 5.58. The van der Waals surface area contributed by atoms with Crippen LogP contribution in [-0.4, -0.2) is 23.4 Å². The highest BCUT2D eigenvalue weighted by atomic mass is 32.1. The van der Waals surface area contributed by atoms with Crippen LogP contribution in [0.1, 0.15) is 48.9 Å². The Morgan fingerprint density at radius 1 is 1.16 bits per heavy atom. The van der Waals surface area contributed by atoms with Gasteiger partial charge in [-0.1, -0.05) is 18.9 Å². The molecule has 1 saturated carbocycles. The maximum Gasteiger partial charge on any atom is 0.254 e. The normalized spacial score (nSPS) is 26.9. The number of hydrogen-bond acceptors (Lipinski definition) is 2. The van der Waals surface area contributed by atoms with Gasteiger partial charge in [0.15, 0.2) is 0 Å². The van der Waals surface area contributed by atoms with E-state index in [0.717, 1.165) is 29.3 Å². The first-order valence-corrected chi connectivity index (χ1v) is 7.80. The molecule has 2 nitrogen and oxygen atoms in total. The maximum atomic E-state index is 12.7. The summed E-state index contributed by atoms with van der Waals surface area (Å²) < 4.78 is 0. The summed E-state index contributed by atoms with van der Waals surface area (Å²) in [4.78, 5) is 15.7. The lowest BCUT2D eigenvalue weighted by Crippen LogP contribution is -2.49. The smallest absolute Gasteiger partial charge is 0.254 e. The van der Waals surface area contributed by atoms with Crippen molar-refractivity contribution < 1.29 is 4.79 Å². The number of rotatable bonds is 1. The minimum atomic E-state index is 0.201. The summed E-state index contributed by atoms with van der Waals surface area (Å²) in [5.74, 6) is 0.943. The van der Waals surface area contributed by atoms with Crippen molar-refractivity contribution in [1.29, 1.82) is 0 Å². The van der Waals surface area contributed by atoms with Gasteiger partial charge in [-0.3, -0.25) is 4.79 Å². The standard InChI is InChI=1S/C16H21NOS/c18-16(13-6-3-8-14(19)11-13)17-10-4-7-12-5-1-2-9-15(12)17/h3,6,8,11-12,15,19H,1-2,4-5,7,9-10H2/t12-,15-/m1/s1. The minimum Gasteiger partial charge on any atom is -0.335 e. The Morgan fingerprint density at radius 3 is 2.79 bits per heavy atom. The van der Waals surface area contributed by atoms with Gasteiger partial charge < -0.3 is 4.90 Å². The molecule has 0 aromatic heterocycles. The molecule has 102 valence electrons. The fourth-order valence-electron chi connectivity index (χ4n) is 3.68. The molecule has 19 heavy (non-hydrogen) atoms. The highest BCUT2D eigenvalue weighted by molar-refractivity contribution is 7.80. The number of nitrogens with zero attached hydrogens (tertiary/aromatic N) is 1. The fourth-order valence-corrected chi connectivity index (χ4v) is 3.91. The molecule has 0 N–H and O–H groups in total. The number of amides is 1. The number of fused-ring (bicyclic) bond motifs is 1. The van der Waals surface area contributed by atoms with Gasteiger partial charge in [0.1, 0.15) is 0 Å². The fraction of sp³-hybridized carbons (Fsp3) is 0.562. The van der Waals surface area contributed by atoms with Crippen LogP contribution >= 0.6 is 12.6 Å². The number of benzene rings is 1. The zero-order valence-corrected chi connectivity index (χ0v) is 12.1. The summed E-state index contributed by atoms with van der Waals surface area (Å²) in [5, 5.41) is 0. The number of thiol groups is 1. The quantitative estimate of drug-likeness (QED) is 0.774. The molecule has 2 atom stereocenters. The van der Waals surface area contributed by atoms with Crippen LogP contribution in [-0.2, 0) is 0 Å². The molecule has 1 amide bonds. The van der Waals surface area contributed by atoms with E-state index >= 15 is 0 Å². The van der Waals surface area contributed by atoms with E-state index in [1.807, 2.05) is 24.3 Å². The van der Waals surface area contributed by atoms with E-state index in [2.05, 4.69) is 17.5 Å². The Morgan fingerprint density at radius 2 is 1.95 bits per heavy atom. The molecule has 1 heterocycles. The SMILES string of the molecule is O=C(c1cccc(S)c1)N1CCC[C@H]2CCCC[C@H]21. The Labute approximate surface area is 120 Å². The summed E-state index contributed by atoms with van der Waals surface area (Å²) >= 11 is 4.33. The first kappa shape index (κ1) is 13.0. The Hall–Kier alpha value is -0.960. The lowest BCUT2D eigenvalue weighted by atomic mass is 9.78. The molecule has 3 heteroatoms. The molecule has 1 aromatic carbocycles. The van der Waals surface area contributed by atoms with Crippen LogP contribution in [0.2, 0.25) is 0 Å². The van der Waals surface area contributed by atoms with Crippen LogP contribution in [0.5, 0.6) is 0 Å². The molecule has 1 saturated heterocycles. The van der Waals surface area contributed by atoms with E-state index in [1.54, 1.807) is 0 Å². The third-order valence-electron chi connectivity index (χ3n) is 4.60. The van der Waals surface area contributed by atoms with Crippen molar-refractivity contribution in [1.82, 2.24) is 4.90 Å². The topological polar surface area (TPSA) is 20.3 Å². The Bertz CT molecular complexity index is 472. The molecule has 0 unspecified atom stereocenters. The first-order chi connectivity index (χ1) is 9.25. The van der Waals surface area contributed by atoms with E-state index in [1.165, 1.54) is 32.1 Å². The van der Waals surface area contributed by atoms with E-state index in [4.69, 9.17) is 0 Å². The van der Waals surface area contributed by atoms with E-state index in [0.29, 0.717) is 6.04 Å². The molecule has 0 radical (unpaired) electrons. The largest absolute Gasteiger partial charge is 0.335 e. The van der Waals surface area contributed by atoms with Gasteiger partial charge in [0.2, 0.25) is 0 Å². The zero-order valence-electron chi connectivity index (χ0n) is 11.2. The average molecular weight is 275 g/mol. The lowest BCUT2D eigenvalue weighted by Gasteiger charge is -2.44. The highest BCUT2D eigenvalue weighted by Gasteiger charge is 2.35. The van der Waals surface area contributed by atoms with Gasteiger partial charge in [-0.15, -0.1) is 12.6 Å². The lowest BCUT2D eigenvalue weighted by molar-refractivity contribution is 0.0390. The average Bonchev–Trinajstić information content (AvgIpc) is 2.46. The second-order valence-corrected chi connectivity index (χ2v) is 6.32. The van der Waals surface area contributed by atoms with Gasteiger partial charge in [0, 0.05) is 23.0 Å². The molecule has 0 spiro atoms. The first-order valence-electron chi connectivity index (χ1n) is 7.36. The molecule has 2 fully saturated rings. The van der Waals surface area contributed by atoms with Crippen LogP contribution in [0.4, 0.5) is 0 Å². The van der Waals surface area contributed by atoms with Gasteiger partial charge in [0.25, 0.3) is 5.91 Å². The van der Waals surface area contributed by atoms with Crippen molar-refractivity contribution in [2.75, 3.05) is 6.54 Å². The molecule has 3 rings (SSSR count). The van der Waals surface area contributed by atoms with Crippen molar-refractivity contribution in [2.24, 2.45) is 5.92 Å². The van der Waals surface area contributed by atoms with Crippen molar-refractivity contribution in [3.8, 4) is 0 Å². The minimum absolute atomic E-state index is 0.201. The van der Waals surface area contributed by atoms with Gasteiger partial charge in [-0.25, -0.2) is 0 Å². The number of hydrogen-bond donors (Lipinski definition) is 1. The maximum absolute atomic E-state index is 12.7. The van der Waals surface area contributed by atoms with E-state index in [-0.39, 0.29) is 5.91 Å². The van der Waals surface area contributed by atoms with E-state index in [9.17, 15) is 4.79 Å². The monoisotopic (exact) mass is 275 g/mol. The summed E-state index contributed by atoms with van der Waals surface area (Å²) in [6, 6.07) is 8.11. The third-order valence-corrected chi connectivity index (χ3v) is 4.88. The predicted molar refractivity (Wildman–Crippen MR) is 79.7 cm³/mol. The molecule has 2 aliphatic rings. The third kappa shape index (κ3) is 2.66. The van der Waals surface area contributed by atoms with Crippen LogP contribution in [0, 0.1) is 5.92 Å². The highest BCUT2D eigenvalue weighted by Crippen LogP contribution is 2.35. The predicted octanol–water partition coefficient (Wildman–Crippen LogP) is 3.77. The molecule has 0 bridgehead atoms. The molecule has 1 aliphatic carbocycles. The number of likely N-dealkylation sites (tertiary alicyclic amines) is 1. The zero-order chi connectivity index (χ0) is 13.2. The summed E-state index contributed by atoms with van der Waals surface area (Å²) in [7, 11) is 0. The summed E-state index contributed by atoms with van der Waals surface area (Å²) in [5.41, 5.74) is 0.790. The number of piperidine rings is 1. The van der Waals surface area contributed by atoms with Crippen LogP contribution < -0.4 is 0 Å². The van der Waals surface area contributed by atoms with Crippen LogP contribution in [0.15, 0.2) is 29.2 Å². The molecule has 1 aromatic rings. The second-order valence-electron chi connectivity index (χ2n) is 5.80. The number of carbonyl (C=O) groups is 1. The van der Waals surface area contributed by atoms with Gasteiger partial charge in [-0.05, 0) is 49.8 Å². The molecular weight excluding hydrogens is 254 g/mol. The number of carbonyl (C=O) groups excluding carboxylic acids is 1. The van der Waals surface area contributed by atoms with Crippen molar-refractivity contribution in [2.45, 2.75) is 49.5 Å². The van der Waals surface area contributed by atoms with Gasteiger partial charge >= 0.3 is 0 Å². The van der Waals surface area contributed by atoms with E-state index < -0.39 is 0 Å². The Kier molecular flexibility index (Phi) is 3.83. The Balaban J connectivity index is 1.82. The van der Waals surface area contributed by atoms with Crippen LogP contribution in [0.3, 0.4) is 0 Å². The molecule has 1 aliphatic heterocycles.